The van der Waals surface area contributed by atoms with Crippen LogP contribution in [0.5, 0.6) is 0 Å². The highest BCUT2D eigenvalue weighted by Crippen LogP contribution is 2.40. The number of nitrogen functional groups attached to an aromatic ring is 1. The summed E-state index contributed by atoms with van der Waals surface area (Å²) in [7, 11) is 0. The molecule has 10 nitrogen and oxygen atoms in total. The van der Waals surface area contributed by atoms with Gasteiger partial charge in [0.05, 0.1) is 15.4 Å². The molecular weight excluding hydrogens is 282 g/mol. The van der Waals surface area contributed by atoms with Gasteiger partial charge in [0.15, 0.2) is 5.69 Å². The Morgan fingerprint density at radius 1 is 1.14 bits per heavy atom. The summed E-state index contributed by atoms with van der Waals surface area (Å²) in [6.07, 6.45) is 1.61. The number of rotatable bonds is 4. The number of hydrogen-bond donors (Lipinski definition) is 2. The smallest absolute Gasteiger partial charge is 0.300 e. The second-order valence-electron chi connectivity index (χ2n) is 4.54. The van der Waals surface area contributed by atoms with E-state index in [2.05, 4.69) is 0 Å². The Bertz CT molecular complexity index is 576. The summed E-state index contributed by atoms with van der Waals surface area (Å²) < 4.78 is 0. The van der Waals surface area contributed by atoms with Crippen LogP contribution in [0.3, 0.4) is 0 Å². The van der Waals surface area contributed by atoms with Gasteiger partial charge in [0.2, 0.25) is 0 Å². The van der Waals surface area contributed by atoms with Gasteiger partial charge in [-0.3, -0.25) is 30.4 Å². The third-order valence-electron chi connectivity index (χ3n) is 3.28. The monoisotopic (exact) mass is 295 g/mol. The largest absolute Gasteiger partial charge is 0.360 e. The maximum absolute atomic E-state index is 11.5. The SMILES string of the molecule is NNC(=O)c1cc([N+](=O)[O-])c(N2CCCC2)c([N+](=O)[O-])c1. The number of nitrogens with one attached hydrogen (secondary N) is 1. The average molecular weight is 295 g/mol. The van der Waals surface area contributed by atoms with Crippen LogP contribution in [0.4, 0.5) is 17.1 Å². The lowest BCUT2D eigenvalue weighted by molar-refractivity contribution is -0.392. The number of hydrogen-bond acceptors (Lipinski definition) is 7. The lowest BCUT2D eigenvalue weighted by Gasteiger charge is -2.17. The van der Waals surface area contributed by atoms with E-state index in [0.29, 0.717) is 13.1 Å². The van der Waals surface area contributed by atoms with Crippen LogP contribution in [-0.2, 0) is 0 Å². The Labute approximate surface area is 118 Å². The minimum absolute atomic E-state index is 0.0592. The average Bonchev–Trinajstić information content (AvgIpc) is 2.98. The van der Waals surface area contributed by atoms with E-state index >= 15 is 0 Å². The minimum Gasteiger partial charge on any atom is -0.360 e. The molecule has 1 saturated heterocycles. The van der Waals surface area contributed by atoms with Crippen LogP contribution in [0.25, 0.3) is 0 Å². The van der Waals surface area contributed by atoms with Gasteiger partial charge in [-0.25, -0.2) is 5.84 Å². The van der Waals surface area contributed by atoms with Gasteiger partial charge in [0, 0.05) is 25.2 Å². The third kappa shape index (κ3) is 2.74. The summed E-state index contributed by atoms with van der Waals surface area (Å²) in [4.78, 5) is 34.1. The predicted molar refractivity (Wildman–Crippen MR) is 72.9 cm³/mol. The second-order valence-corrected chi connectivity index (χ2v) is 4.54. The Balaban J connectivity index is 2.67. The van der Waals surface area contributed by atoms with Crippen molar-refractivity contribution < 1.29 is 14.6 Å². The molecule has 1 amide bonds. The normalized spacial score (nSPS) is 14.0. The fourth-order valence-corrected chi connectivity index (χ4v) is 2.36. The van der Waals surface area contributed by atoms with Crippen LogP contribution >= 0.6 is 0 Å². The van der Waals surface area contributed by atoms with Gasteiger partial charge in [-0.2, -0.15) is 0 Å². The first kappa shape index (κ1) is 14.7. The Hall–Kier alpha value is -2.75. The molecular formula is C11H13N5O5. The molecule has 0 unspecified atom stereocenters. The number of hydrazine groups is 1. The van der Waals surface area contributed by atoms with Gasteiger partial charge < -0.3 is 4.90 Å². The van der Waals surface area contributed by atoms with E-state index < -0.39 is 27.1 Å². The van der Waals surface area contributed by atoms with Crippen LogP contribution in [0.2, 0.25) is 0 Å². The Morgan fingerprint density at radius 2 is 1.62 bits per heavy atom. The van der Waals surface area contributed by atoms with Crippen LogP contribution < -0.4 is 16.2 Å². The molecule has 1 aromatic carbocycles. The van der Waals surface area contributed by atoms with Crippen molar-refractivity contribution in [3.63, 3.8) is 0 Å². The predicted octanol–water partition coefficient (Wildman–Crippen LogP) is 0.707. The fraction of sp³-hybridized carbons (Fsp3) is 0.364. The topological polar surface area (TPSA) is 145 Å². The van der Waals surface area contributed by atoms with Crippen LogP contribution in [0.1, 0.15) is 23.2 Å². The van der Waals surface area contributed by atoms with E-state index in [9.17, 15) is 25.0 Å². The molecule has 112 valence electrons. The van der Waals surface area contributed by atoms with E-state index in [1.807, 2.05) is 0 Å². The summed E-state index contributed by atoms with van der Waals surface area (Å²) in [6.45, 7) is 1.01. The van der Waals surface area contributed by atoms with Crippen molar-refractivity contribution >= 4 is 23.0 Å². The maximum atomic E-state index is 11.5. The van der Waals surface area contributed by atoms with Crippen molar-refractivity contribution in [1.29, 1.82) is 0 Å². The van der Waals surface area contributed by atoms with Crippen LogP contribution in [0.15, 0.2) is 12.1 Å². The molecule has 0 aliphatic carbocycles. The highest BCUT2D eigenvalue weighted by Gasteiger charge is 2.33. The van der Waals surface area contributed by atoms with Gasteiger partial charge >= 0.3 is 0 Å². The zero-order valence-corrected chi connectivity index (χ0v) is 10.9. The Kier molecular flexibility index (Phi) is 3.98. The molecule has 1 aliphatic heterocycles. The first-order chi connectivity index (χ1) is 9.95. The molecule has 0 atom stereocenters. The van der Waals surface area contributed by atoms with Crippen LogP contribution in [-0.4, -0.2) is 28.8 Å². The zero-order chi connectivity index (χ0) is 15.6. The summed E-state index contributed by atoms with van der Waals surface area (Å²) in [5.41, 5.74) is 0.587. The molecule has 1 aromatic rings. The van der Waals surface area contributed by atoms with Gasteiger partial charge in [-0.05, 0) is 12.8 Å². The lowest BCUT2D eigenvalue weighted by atomic mass is 10.1. The number of nitro groups is 2. The molecule has 0 saturated carbocycles. The van der Waals surface area contributed by atoms with E-state index in [4.69, 9.17) is 5.84 Å². The molecule has 1 fully saturated rings. The van der Waals surface area contributed by atoms with Gasteiger partial charge in [-0.1, -0.05) is 0 Å². The summed E-state index contributed by atoms with van der Waals surface area (Å²) >= 11 is 0. The van der Waals surface area contributed by atoms with Crippen LogP contribution in [0, 0.1) is 20.2 Å². The first-order valence-electron chi connectivity index (χ1n) is 6.18. The molecule has 0 bridgehead atoms. The third-order valence-corrected chi connectivity index (χ3v) is 3.28. The number of nitrogens with two attached hydrogens (primary N) is 1. The number of benzene rings is 1. The van der Waals surface area contributed by atoms with Crippen molar-refractivity contribution in [3.8, 4) is 0 Å². The number of anilines is 1. The molecule has 0 spiro atoms. The molecule has 21 heavy (non-hydrogen) atoms. The fourth-order valence-electron chi connectivity index (χ4n) is 2.36. The number of carbonyl (C=O) groups is 1. The van der Waals surface area contributed by atoms with Crippen molar-refractivity contribution in [2.45, 2.75) is 12.8 Å². The van der Waals surface area contributed by atoms with Crippen molar-refractivity contribution in [2.24, 2.45) is 5.84 Å². The quantitative estimate of drug-likeness (QED) is 0.360. The molecule has 0 aromatic heterocycles. The van der Waals surface area contributed by atoms with E-state index in [1.54, 1.807) is 10.3 Å². The highest BCUT2D eigenvalue weighted by atomic mass is 16.6. The molecule has 3 N–H and O–H groups in total. The van der Waals surface area contributed by atoms with Gasteiger partial charge in [-0.15, -0.1) is 0 Å². The summed E-state index contributed by atoms with van der Waals surface area (Å²) in [5.74, 6) is 4.14. The van der Waals surface area contributed by atoms with E-state index in [1.165, 1.54) is 0 Å². The Morgan fingerprint density at radius 3 is 2.00 bits per heavy atom. The van der Waals surface area contributed by atoms with Crippen molar-refractivity contribution in [2.75, 3.05) is 18.0 Å². The van der Waals surface area contributed by atoms with Crippen molar-refractivity contribution in [3.05, 3.63) is 37.9 Å². The highest BCUT2D eigenvalue weighted by molar-refractivity contribution is 5.97. The number of carbonyl (C=O) groups excluding carboxylic acids is 1. The molecule has 2 rings (SSSR count). The van der Waals surface area contributed by atoms with E-state index in [-0.39, 0.29) is 11.3 Å². The molecule has 10 heteroatoms. The maximum Gasteiger partial charge on any atom is 0.300 e. The van der Waals surface area contributed by atoms with Crippen molar-refractivity contribution in [1.82, 2.24) is 5.43 Å². The zero-order valence-electron chi connectivity index (χ0n) is 10.9. The molecule has 0 radical (unpaired) electrons. The van der Waals surface area contributed by atoms with Gasteiger partial charge in [0.25, 0.3) is 17.3 Å². The molecule has 1 heterocycles. The minimum atomic E-state index is -0.825. The second kappa shape index (κ2) is 5.71. The van der Waals surface area contributed by atoms with Gasteiger partial charge in [0.1, 0.15) is 0 Å². The lowest BCUT2D eigenvalue weighted by Crippen LogP contribution is -2.30. The summed E-state index contributed by atoms with van der Waals surface area (Å²) in [6, 6.07) is 2.01. The number of nitro benzene ring substituents is 2. The first-order valence-corrected chi connectivity index (χ1v) is 6.18. The van der Waals surface area contributed by atoms with E-state index in [0.717, 1.165) is 25.0 Å². The standard InChI is InChI=1S/C11H13N5O5/c12-13-11(17)7-5-8(15(18)19)10(9(6-7)16(20)21)14-3-1-2-4-14/h5-6H,1-4,12H2,(H,13,17). The summed E-state index contributed by atoms with van der Waals surface area (Å²) in [5, 5.41) is 22.4. The number of amides is 1. The number of nitrogens with zero attached hydrogens (tertiary/aromatic N) is 3. The molecule has 1 aliphatic rings.